The van der Waals surface area contributed by atoms with E-state index in [1.54, 1.807) is 24.3 Å². The third-order valence-electron chi connectivity index (χ3n) is 4.48. The van der Waals surface area contributed by atoms with Crippen LogP contribution in [0.15, 0.2) is 24.3 Å². The van der Waals surface area contributed by atoms with E-state index in [2.05, 4.69) is 17.0 Å². The summed E-state index contributed by atoms with van der Waals surface area (Å²) in [4.78, 5) is 14.7. The number of carbonyl (C=O) groups is 1. The number of sulfonamides is 1. The van der Waals surface area contributed by atoms with Gasteiger partial charge >= 0.3 is 0 Å². The van der Waals surface area contributed by atoms with Gasteiger partial charge in [0.2, 0.25) is 10.0 Å². The Labute approximate surface area is 163 Å². The zero-order valence-electron chi connectivity index (χ0n) is 15.5. The van der Waals surface area contributed by atoms with Crippen LogP contribution in [0, 0.1) is 5.92 Å². The van der Waals surface area contributed by atoms with E-state index in [0.29, 0.717) is 36.7 Å². The number of rotatable bonds is 8. The molecule has 1 aromatic carbocycles. The maximum atomic E-state index is 12.9. The number of hydrogen-bond acceptors (Lipinski definition) is 4. The van der Waals surface area contributed by atoms with Crippen molar-refractivity contribution in [3.05, 3.63) is 29.8 Å². The number of para-hydroxylation sites is 1. The minimum atomic E-state index is -3.42. The van der Waals surface area contributed by atoms with Gasteiger partial charge in [0.1, 0.15) is 0 Å². The van der Waals surface area contributed by atoms with E-state index in [-0.39, 0.29) is 24.1 Å². The number of carbonyl (C=O) groups excluding carboxylic acids is 1. The van der Waals surface area contributed by atoms with Crippen molar-refractivity contribution in [2.75, 3.05) is 36.7 Å². The summed E-state index contributed by atoms with van der Waals surface area (Å²) in [6.07, 6.45) is 2.48. The lowest BCUT2D eigenvalue weighted by Crippen LogP contribution is -2.41. The summed E-state index contributed by atoms with van der Waals surface area (Å²) in [6, 6.07) is 6.85. The highest BCUT2D eigenvalue weighted by molar-refractivity contribution is 7.92. The first-order valence-corrected chi connectivity index (χ1v) is 10.7. The number of nitrogens with one attached hydrogen (secondary N) is 2. The maximum absolute atomic E-state index is 12.9. The molecule has 0 spiro atoms. The maximum Gasteiger partial charge on any atom is 0.255 e. The second-order valence-electron chi connectivity index (χ2n) is 6.51. The first kappa shape index (κ1) is 22.7. The summed E-state index contributed by atoms with van der Waals surface area (Å²) < 4.78 is 26.7. The fourth-order valence-corrected chi connectivity index (χ4v) is 4.26. The number of benzene rings is 1. The van der Waals surface area contributed by atoms with Crippen LogP contribution < -0.4 is 10.0 Å². The fourth-order valence-electron chi connectivity index (χ4n) is 3.10. The molecule has 148 valence electrons. The molecule has 26 heavy (non-hydrogen) atoms. The lowest BCUT2D eigenvalue weighted by molar-refractivity contribution is 0.0691. The van der Waals surface area contributed by atoms with E-state index >= 15 is 0 Å². The van der Waals surface area contributed by atoms with E-state index in [4.69, 9.17) is 0 Å². The molecule has 0 atom stereocenters. The Bertz CT molecular complexity index is 674. The molecular formula is C18H30ClN3O3S. The lowest BCUT2D eigenvalue weighted by Gasteiger charge is -2.32. The number of halogens is 1. The molecular weight excluding hydrogens is 374 g/mol. The highest BCUT2D eigenvalue weighted by Crippen LogP contribution is 2.23. The van der Waals surface area contributed by atoms with Crippen molar-refractivity contribution in [3.63, 3.8) is 0 Å². The lowest BCUT2D eigenvalue weighted by atomic mass is 9.96. The average molecular weight is 404 g/mol. The van der Waals surface area contributed by atoms with E-state index in [1.165, 1.54) is 0 Å². The van der Waals surface area contributed by atoms with Gasteiger partial charge < -0.3 is 10.2 Å². The zero-order valence-corrected chi connectivity index (χ0v) is 17.2. The van der Waals surface area contributed by atoms with Crippen LogP contribution in [0.3, 0.4) is 0 Å². The Balaban J connectivity index is 0.00000338. The quantitative estimate of drug-likeness (QED) is 0.699. The van der Waals surface area contributed by atoms with E-state index in [1.807, 2.05) is 11.8 Å². The van der Waals surface area contributed by atoms with Crippen molar-refractivity contribution in [1.29, 1.82) is 0 Å². The predicted octanol–water partition coefficient (Wildman–Crippen LogP) is 2.72. The van der Waals surface area contributed by atoms with Crippen LogP contribution in [0.5, 0.6) is 0 Å². The van der Waals surface area contributed by atoms with Crippen molar-refractivity contribution in [1.82, 2.24) is 10.2 Å². The van der Waals surface area contributed by atoms with Crippen LogP contribution in [-0.2, 0) is 10.0 Å². The third-order valence-corrected chi connectivity index (χ3v) is 5.96. The first-order valence-electron chi connectivity index (χ1n) is 9.06. The molecule has 1 saturated heterocycles. The smallest absolute Gasteiger partial charge is 0.255 e. The molecule has 1 heterocycles. The van der Waals surface area contributed by atoms with Gasteiger partial charge in [0.05, 0.1) is 17.0 Å². The fraction of sp³-hybridized carbons (Fsp3) is 0.611. The SMILES string of the molecule is CCCS(=O)(=O)Nc1ccccc1C(=O)N1CCC(CNCC)CC1.Cl. The Hall–Kier alpha value is -1.31. The molecule has 1 fully saturated rings. The van der Waals surface area contributed by atoms with Crippen molar-refractivity contribution >= 4 is 34.0 Å². The minimum absolute atomic E-state index is 0. The summed E-state index contributed by atoms with van der Waals surface area (Å²) >= 11 is 0. The van der Waals surface area contributed by atoms with Crippen LogP contribution >= 0.6 is 12.4 Å². The van der Waals surface area contributed by atoms with Gasteiger partial charge in [0.25, 0.3) is 5.91 Å². The number of likely N-dealkylation sites (tertiary alicyclic amines) is 1. The monoisotopic (exact) mass is 403 g/mol. The van der Waals surface area contributed by atoms with Crippen LogP contribution in [-0.4, -0.2) is 51.2 Å². The largest absolute Gasteiger partial charge is 0.339 e. The van der Waals surface area contributed by atoms with Crippen LogP contribution in [0.4, 0.5) is 5.69 Å². The molecule has 0 aromatic heterocycles. The summed E-state index contributed by atoms with van der Waals surface area (Å²) in [5, 5.41) is 3.36. The van der Waals surface area contributed by atoms with Crippen molar-refractivity contribution in [2.45, 2.75) is 33.1 Å². The molecule has 1 aliphatic heterocycles. The van der Waals surface area contributed by atoms with Crippen molar-refractivity contribution < 1.29 is 13.2 Å². The van der Waals surface area contributed by atoms with Crippen LogP contribution in [0.1, 0.15) is 43.5 Å². The molecule has 1 aliphatic rings. The van der Waals surface area contributed by atoms with Gasteiger partial charge in [0.15, 0.2) is 0 Å². The Morgan fingerprint density at radius 2 is 1.85 bits per heavy atom. The summed E-state index contributed by atoms with van der Waals surface area (Å²) in [5.74, 6) is 0.546. The average Bonchev–Trinajstić information content (AvgIpc) is 2.60. The molecule has 8 heteroatoms. The Morgan fingerprint density at radius 3 is 2.46 bits per heavy atom. The highest BCUT2D eigenvalue weighted by atomic mass is 35.5. The Kier molecular flexibility index (Phi) is 9.39. The molecule has 0 saturated carbocycles. The molecule has 6 nitrogen and oxygen atoms in total. The van der Waals surface area contributed by atoms with Crippen molar-refractivity contribution in [3.8, 4) is 0 Å². The number of amides is 1. The molecule has 2 N–H and O–H groups in total. The van der Waals surface area contributed by atoms with Crippen LogP contribution in [0.25, 0.3) is 0 Å². The van der Waals surface area contributed by atoms with Gasteiger partial charge in [-0.15, -0.1) is 12.4 Å². The minimum Gasteiger partial charge on any atom is -0.339 e. The number of nitrogens with zero attached hydrogens (tertiary/aromatic N) is 1. The third kappa shape index (κ3) is 6.45. The van der Waals surface area contributed by atoms with E-state index in [9.17, 15) is 13.2 Å². The van der Waals surface area contributed by atoms with Gasteiger partial charge in [-0.05, 0) is 50.4 Å². The molecule has 0 aliphatic carbocycles. The summed E-state index contributed by atoms with van der Waals surface area (Å²) in [7, 11) is -3.42. The van der Waals surface area contributed by atoms with Gasteiger partial charge in [-0.25, -0.2) is 8.42 Å². The second-order valence-corrected chi connectivity index (χ2v) is 8.35. The summed E-state index contributed by atoms with van der Waals surface area (Å²) in [6.45, 7) is 7.29. The standard InChI is InChI=1S/C18H29N3O3S.ClH/c1-3-13-25(23,24)20-17-8-6-5-7-16(17)18(22)21-11-9-15(10-12-21)14-19-4-2;/h5-8,15,19-20H,3-4,9-14H2,1-2H3;1H. The second kappa shape index (κ2) is 10.7. The highest BCUT2D eigenvalue weighted by Gasteiger charge is 2.25. The van der Waals surface area contributed by atoms with Gasteiger partial charge in [-0.2, -0.15) is 0 Å². The number of anilines is 1. The molecule has 2 rings (SSSR count). The molecule has 1 aromatic rings. The van der Waals surface area contributed by atoms with E-state index in [0.717, 1.165) is 25.9 Å². The zero-order chi connectivity index (χ0) is 18.3. The summed E-state index contributed by atoms with van der Waals surface area (Å²) in [5.41, 5.74) is 0.794. The van der Waals surface area contributed by atoms with Crippen LogP contribution in [0.2, 0.25) is 0 Å². The normalized spacial score (nSPS) is 15.4. The predicted molar refractivity (Wildman–Crippen MR) is 109 cm³/mol. The molecule has 0 radical (unpaired) electrons. The molecule has 0 unspecified atom stereocenters. The first-order chi connectivity index (χ1) is 12.0. The molecule has 1 amide bonds. The van der Waals surface area contributed by atoms with Gasteiger partial charge in [-0.1, -0.05) is 26.0 Å². The molecule has 0 bridgehead atoms. The topological polar surface area (TPSA) is 78.5 Å². The van der Waals surface area contributed by atoms with Gasteiger partial charge in [0, 0.05) is 13.1 Å². The number of hydrogen-bond donors (Lipinski definition) is 2. The van der Waals surface area contributed by atoms with E-state index < -0.39 is 10.0 Å². The number of piperidine rings is 1. The van der Waals surface area contributed by atoms with Gasteiger partial charge in [-0.3, -0.25) is 9.52 Å². The Morgan fingerprint density at radius 1 is 1.19 bits per heavy atom. The van der Waals surface area contributed by atoms with Crippen molar-refractivity contribution in [2.24, 2.45) is 5.92 Å².